The van der Waals surface area contributed by atoms with Gasteiger partial charge in [0, 0.05) is 152 Å². The number of nitrogens with one attached hydrogen (secondary N) is 10. The number of benzene rings is 1. The van der Waals surface area contributed by atoms with Crippen molar-refractivity contribution in [2.45, 2.75) is 240 Å². The van der Waals surface area contributed by atoms with Gasteiger partial charge in [-0.15, -0.1) is 11.3 Å². The van der Waals surface area contributed by atoms with Gasteiger partial charge in [0.25, 0.3) is 0 Å². The second-order valence-corrected chi connectivity index (χ2v) is 39.4. The summed E-state index contributed by atoms with van der Waals surface area (Å²) < 4.78 is 2.01. The molecule has 6 aliphatic carbocycles. The Morgan fingerprint density at radius 2 is 0.887 bits per heavy atom. The summed E-state index contributed by atoms with van der Waals surface area (Å²) in [5.74, 6) is 6.28. The summed E-state index contributed by atoms with van der Waals surface area (Å²) in [6, 6.07) is 32.9. The topological polar surface area (TPSA) is 510 Å². The number of aliphatic hydroxyl groups is 4. The van der Waals surface area contributed by atoms with Gasteiger partial charge in [0.15, 0.2) is 5.78 Å². The van der Waals surface area contributed by atoms with Gasteiger partial charge >= 0.3 is 0 Å². The van der Waals surface area contributed by atoms with Crippen molar-refractivity contribution >= 4 is 76.0 Å². The highest BCUT2D eigenvalue weighted by Crippen LogP contribution is 2.47. The van der Waals surface area contributed by atoms with E-state index in [0.717, 1.165) is 94.6 Å². The molecule has 9 aromatic heterocycles. The van der Waals surface area contributed by atoms with Crippen molar-refractivity contribution in [3.05, 3.63) is 195 Å². The van der Waals surface area contributed by atoms with Crippen LogP contribution in [0.4, 0.5) is 58.8 Å². The van der Waals surface area contributed by atoms with Gasteiger partial charge in [0.2, 0.25) is 29.7 Å². The van der Waals surface area contributed by atoms with E-state index in [4.69, 9.17) is 0 Å². The van der Waals surface area contributed by atoms with Crippen LogP contribution in [-0.2, 0) is 42.6 Å². The Morgan fingerprint density at radius 1 is 0.466 bits per heavy atom. The zero-order chi connectivity index (χ0) is 95.1. The molecule has 14 N–H and O–H groups in total. The Labute approximate surface area is 789 Å². The van der Waals surface area contributed by atoms with Crippen LogP contribution in [0.5, 0.6) is 0 Å². The van der Waals surface area contributed by atoms with Crippen LogP contribution in [0.15, 0.2) is 140 Å². The molecule has 1 unspecified atom stereocenters. The molecule has 9 heterocycles. The summed E-state index contributed by atoms with van der Waals surface area (Å²) in [5.41, 5.74) is 4.17. The van der Waals surface area contributed by atoms with E-state index in [2.05, 4.69) is 207 Å². The molecule has 0 bridgehead atoms. The van der Waals surface area contributed by atoms with Crippen LogP contribution in [0.3, 0.4) is 0 Å². The van der Waals surface area contributed by atoms with Crippen molar-refractivity contribution in [2.24, 2.45) is 38.9 Å². The van der Waals surface area contributed by atoms with Gasteiger partial charge in [0.05, 0.1) is 55.6 Å². The maximum Gasteiger partial charge on any atom is 0.224 e. The number of fused-ring (bicyclic) bond motifs is 1. The van der Waals surface area contributed by atoms with Crippen LogP contribution < -0.4 is 53.2 Å². The van der Waals surface area contributed by atoms with Gasteiger partial charge in [-0.1, -0.05) is 119 Å². The van der Waals surface area contributed by atoms with E-state index in [1.165, 1.54) is 41.6 Å². The smallest absolute Gasteiger partial charge is 0.224 e. The largest absolute Gasteiger partial charge is 0.392 e. The number of carbonyl (C=O) groups excluding carboxylic acids is 1. The lowest BCUT2D eigenvalue weighted by Gasteiger charge is -2.49. The second kappa shape index (κ2) is 44.8. The van der Waals surface area contributed by atoms with Crippen LogP contribution in [-0.4, -0.2) is 177 Å². The number of hydrogen-bond acceptors (Lipinski definition) is 34. The lowest BCUT2D eigenvalue weighted by Crippen LogP contribution is -2.57. The number of nitrogens with zero attached hydrogens (tertiary/aromatic N) is 19. The monoisotopic (exact) mass is 1830 g/mol. The Morgan fingerprint density at radius 3 is 1.29 bits per heavy atom. The molecule has 0 spiro atoms. The van der Waals surface area contributed by atoms with Crippen molar-refractivity contribution in [3.63, 3.8) is 0 Å². The summed E-state index contributed by atoms with van der Waals surface area (Å²) >= 11 is 1.75. The summed E-state index contributed by atoms with van der Waals surface area (Å²) in [6.45, 7) is 29.9. The molecule has 0 radical (unpaired) electrons. The lowest BCUT2D eigenvalue weighted by molar-refractivity contribution is -0.136. The number of aryl methyl sites for hydroxylation is 1. The van der Waals surface area contributed by atoms with Gasteiger partial charge in [0.1, 0.15) is 92.9 Å². The molecule has 706 valence electrons. The van der Waals surface area contributed by atoms with E-state index in [0.29, 0.717) is 148 Å². The number of anilines is 10. The minimum atomic E-state index is -1.48. The Kier molecular flexibility index (Phi) is 33.3. The average molecular weight is 1830 g/mol. The number of carbonyl (C=O) groups is 1. The highest BCUT2D eigenvalue weighted by atomic mass is 32.1. The first-order valence-corrected chi connectivity index (χ1v) is 46.6. The fraction of sp³-hybridized carbons (Fsp3) is 0.500. The number of hydrogen-bond donors (Lipinski definition) is 14. The van der Waals surface area contributed by atoms with Crippen LogP contribution in [0.25, 0.3) is 0 Å². The number of Topliss-reactive ketones (excluding diaryl/α,β-unsaturated/α-hetero) is 1. The first-order chi connectivity index (χ1) is 63.7. The Bertz CT molecular complexity index is 5630. The highest BCUT2D eigenvalue weighted by molar-refractivity contribution is 7.09. The highest BCUT2D eigenvalue weighted by Gasteiger charge is 2.50. The van der Waals surface area contributed by atoms with E-state index in [-0.39, 0.29) is 88.5 Å². The van der Waals surface area contributed by atoms with E-state index < -0.39 is 5.60 Å². The fourth-order valence-electron chi connectivity index (χ4n) is 17.0. The minimum Gasteiger partial charge on any atom is -0.392 e. The second-order valence-electron chi connectivity index (χ2n) is 38.3. The van der Waals surface area contributed by atoms with Gasteiger partial charge in [-0.25, -0.2) is 29.9 Å². The molecule has 0 aliphatic heterocycles. The number of imidazole rings is 1. The third kappa shape index (κ3) is 25.8. The summed E-state index contributed by atoms with van der Waals surface area (Å²) in [4.78, 5) is 69.6. The average Bonchev–Trinajstić information content (AvgIpc) is 1.55. The number of ketones is 1. The summed E-state index contributed by atoms with van der Waals surface area (Å²) in [5, 5.41) is 122. The molecule has 5 saturated carbocycles. The van der Waals surface area contributed by atoms with Crippen LogP contribution in [0.1, 0.15) is 214 Å². The standard InChI is InChI=1S/C25H31N5O2.C20H27N5S.2C18H22N6O.C17H23N7O.4H2/c1-16-8-9-19(13-24(16,2)3)29-22-18(14-26)15-28-23(30-22)27-11-10-25(32)20-7-5-4-6-17(20)12-21(25)31;1-14-6-7-16(11-20(14,2)3)24-18-15(12-21)13-23-19(25-18)22-9-8-17-5-4-10-26-17;1-18(2)14(9-15(18)25)23-16-13(10-19)11-22-17(24-16)21-8-5-12-3-6-20-7-4-12;1-18(2)14(9-15(18)25)23-16-12(10-19)11-22-17(24-16)21-8-6-13-5-3-4-7-20-13;1-17(2)13(8-14(17)25)22-15-12(9-18)10-21-16(23-15)20-4-3-6-24-7-5-19-11-24;;;;/h4-7,15-16,19,32H,8-13H2,1-3H3,(H2,27,28,29,30);4-5,10,13-14,16H,6-9,11H2,1-3H3,(H2,22,23,24,25);3-4,6-7,11,14-15,25H,5,8-9H2,1-2H3,(H2,21,22,23,24);3-5,7,11,14-15,25H,6,8-9H2,1-2H3,(H2,21,22,23,24);5,7,10-11,13-14,25H,3-4,6,8H2,1-2H3,(H2,20,21,22,23);4*1H/t16-,19+,25?;14-,16+;2*14-,15+;13-,14+;;;;/m00111..../s1. The van der Waals surface area contributed by atoms with Crippen molar-refractivity contribution in [2.75, 3.05) is 85.9 Å². The molecule has 16 rings (SSSR count). The van der Waals surface area contributed by atoms with Gasteiger partial charge in [-0.3, -0.25) is 14.8 Å². The zero-order valence-corrected chi connectivity index (χ0v) is 78.8. The van der Waals surface area contributed by atoms with E-state index in [9.17, 15) is 51.5 Å². The molecule has 34 nitrogen and oxygen atoms in total. The minimum absolute atomic E-state index is 0. The van der Waals surface area contributed by atoms with Crippen molar-refractivity contribution in [1.29, 1.82) is 26.3 Å². The van der Waals surface area contributed by atoms with Gasteiger partial charge in [-0.05, 0) is 152 Å². The van der Waals surface area contributed by atoms with Crippen LogP contribution >= 0.6 is 11.3 Å². The predicted molar refractivity (Wildman–Crippen MR) is 523 cm³/mol. The maximum absolute atomic E-state index is 12.5. The maximum atomic E-state index is 12.5. The molecule has 6 aliphatic rings. The summed E-state index contributed by atoms with van der Waals surface area (Å²) in [6.07, 6.45) is 29.9. The molecular formula is C98H133N29O5S. The number of aromatic nitrogens is 14. The number of pyridine rings is 2. The Hall–Kier alpha value is -13.2. The van der Waals surface area contributed by atoms with Crippen molar-refractivity contribution in [3.8, 4) is 30.3 Å². The fourth-order valence-corrected chi connectivity index (χ4v) is 17.7. The molecule has 133 heavy (non-hydrogen) atoms. The third-order valence-corrected chi connectivity index (χ3v) is 28.4. The third-order valence-electron chi connectivity index (χ3n) is 27.5. The first-order valence-electron chi connectivity index (χ1n) is 45.7. The molecule has 10 aromatic rings. The van der Waals surface area contributed by atoms with E-state index in [1.807, 2.05) is 107 Å². The first kappa shape index (κ1) is 98.8. The van der Waals surface area contributed by atoms with E-state index >= 15 is 0 Å². The van der Waals surface area contributed by atoms with Crippen LogP contribution in [0.2, 0.25) is 0 Å². The molecule has 5 fully saturated rings. The van der Waals surface area contributed by atoms with Crippen molar-refractivity contribution in [1.82, 2.24) is 69.4 Å². The lowest BCUT2D eigenvalue weighted by atomic mass is 9.64. The van der Waals surface area contributed by atoms with E-state index in [1.54, 1.807) is 48.6 Å². The summed E-state index contributed by atoms with van der Waals surface area (Å²) in [7, 11) is 0. The van der Waals surface area contributed by atoms with Gasteiger partial charge in [-0.2, -0.15) is 51.2 Å². The number of thiophene rings is 1. The number of aliphatic hydroxyl groups excluding tert-OH is 3. The molecule has 11 atom stereocenters. The predicted octanol–water partition coefficient (Wildman–Crippen LogP) is 15.0. The molecule has 0 amide bonds. The van der Waals surface area contributed by atoms with Crippen molar-refractivity contribution < 1.29 is 30.9 Å². The molecule has 0 saturated heterocycles. The molecule has 35 heteroatoms. The Balaban J connectivity index is 0.000000209. The van der Waals surface area contributed by atoms with Gasteiger partial charge < -0.3 is 78.2 Å². The number of rotatable bonds is 31. The normalized spacial score (nSPS) is 22.5. The zero-order valence-electron chi connectivity index (χ0n) is 78.0. The SMILES string of the molecule is CC1(C)[C@@H](O)C[C@H]1Nc1nc(NCCCn2ccnc2)ncc1C#N.CC1(C)[C@@H](O)C[C@H]1Nc1nc(NCCc2ccccn2)ncc1C#N.CC1(C)[C@@H](O)C[C@H]1Nc1nc(NCCc2ccncc2)ncc1C#N.C[C@H]1CC[C@@H](Nc2nc(NCCC3(O)C(=O)Cc4ccccc43)ncc2C#N)CC1(C)C.C[C@H]1CC[C@@H](Nc2nc(NCCc3cccs3)ncc2C#N)CC1(C)C.[HH].[HH].[HH].[HH]. The quantitative estimate of drug-likeness (QED) is 0.0179. The molecular weight excluding hydrogens is 1700 g/mol. The van der Waals surface area contributed by atoms with Crippen LogP contribution in [0, 0.1) is 95.6 Å². The molecule has 1 aromatic carbocycles. The number of nitriles is 5.